The summed E-state index contributed by atoms with van der Waals surface area (Å²) in [6.07, 6.45) is -5.13. The standard InChI is InChI=1S/C4H6O6.C4H6O4.CHNS/c5-1(3(7)8)2(6)4(9)10;5-3(6)1-2-4(7)8;2-1-3/h1-2,5-6H,(H,7,8)(H,9,10);1-2H2,(H,5,6)(H,7,8);3H. The number of hydrogen-bond acceptors (Lipinski definition) is 8. The highest BCUT2D eigenvalue weighted by Crippen LogP contribution is 1.92. The van der Waals surface area contributed by atoms with Gasteiger partial charge in [0.15, 0.2) is 12.2 Å². The number of carboxylic acid groups (broad SMARTS) is 4. The molecule has 2 unspecified atom stereocenters. The van der Waals surface area contributed by atoms with Crippen LogP contribution < -0.4 is 0 Å². The summed E-state index contributed by atoms with van der Waals surface area (Å²) in [5.41, 5.74) is 0. The van der Waals surface area contributed by atoms with E-state index in [9.17, 15) is 19.2 Å². The molecule has 0 aliphatic heterocycles. The normalized spacial score (nSPS) is 11.1. The number of aliphatic hydroxyl groups excluding tert-OH is 2. The quantitative estimate of drug-likeness (QED) is 0.213. The van der Waals surface area contributed by atoms with Crippen LogP contribution in [-0.4, -0.2) is 66.7 Å². The summed E-state index contributed by atoms with van der Waals surface area (Å²) in [4.78, 5) is 38.8. The molecule has 6 N–H and O–H groups in total. The molecular formula is C9H13NO10S. The van der Waals surface area contributed by atoms with E-state index in [0.717, 1.165) is 0 Å². The Hall–Kier alpha value is -2.36. The highest BCUT2D eigenvalue weighted by atomic mass is 32.1. The van der Waals surface area contributed by atoms with Gasteiger partial charge >= 0.3 is 23.9 Å². The van der Waals surface area contributed by atoms with Crippen molar-refractivity contribution in [1.82, 2.24) is 0 Å². The first-order valence-electron chi connectivity index (χ1n) is 4.79. The van der Waals surface area contributed by atoms with E-state index in [2.05, 4.69) is 12.6 Å². The molecule has 0 aliphatic carbocycles. The summed E-state index contributed by atoms with van der Waals surface area (Å²) in [5, 5.41) is 57.0. The zero-order valence-electron chi connectivity index (χ0n) is 10.3. The minimum Gasteiger partial charge on any atom is -0.481 e. The zero-order valence-corrected chi connectivity index (χ0v) is 11.2. The largest absolute Gasteiger partial charge is 0.481 e. The average molecular weight is 327 g/mol. The van der Waals surface area contributed by atoms with Gasteiger partial charge < -0.3 is 30.6 Å². The van der Waals surface area contributed by atoms with Crippen molar-refractivity contribution in [1.29, 1.82) is 5.26 Å². The molecule has 120 valence electrons. The Morgan fingerprint density at radius 1 is 0.857 bits per heavy atom. The Bertz CT molecular complexity index is 372. The van der Waals surface area contributed by atoms with Crippen LogP contribution in [0, 0.1) is 10.7 Å². The molecule has 0 bridgehead atoms. The molecule has 11 nitrogen and oxygen atoms in total. The average Bonchev–Trinajstić information content (AvgIpc) is 2.36. The van der Waals surface area contributed by atoms with Crippen molar-refractivity contribution in [2.75, 3.05) is 0 Å². The first-order chi connectivity index (χ1) is 9.50. The van der Waals surface area contributed by atoms with E-state index in [-0.39, 0.29) is 12.8 Å². The second-order valence-electron chi connectivity index (χ2n) is 2.95. The molecule has 21 heavy (non-hydrogen) atoms. The molecule has 0 aliphatic rings. The number of carboxylic acids is 4. The van der Waals surface area contributed by atoms with Gasteiger partial charge in [-0.05, 0) is 0 Å². The maximum Gasteiger partial charge on any atom is 0.335 e. The van der Waals surface area contributed by atoms with Crippen LogP contribution >= 0.6 is 12.6 Å². The van der Waals surface area contributed by atoms with Crippen molar-refractivity contribution in [3.05, 3.63) is 0 Å². The molecule has 0 saturated carbocycles. The van der Waals surface area contributed by atoms with Crippen LogP contribution in [0.2, 0.25) is 0 Å². The zero-order chi connectivity index (χ0) is 17.6. The second-order valence-corrected chi connectivity index (χ2v) is 3.15. The van der Waals surface area contributed by atoms with Gasteiger partial charge in [-0.25, -0.2) is 9.59 Å². The molecule has 0 aromatic rings. The predicted octanol–water partition coefficient (Wildman–Crippen LogP) is -1.79. The van der Waals surface area contributed by atoms with Crippen LogP contribution in [0.3, 0.4) is 0 Å². The van der Waals surface area contributed by atoms with E-state index < -0.39 is 36.1 Å². The van der Waals surface area contributed by atoms with Gasteiger partial charge in [-0.15, -0.1) is 0 Å². The number of nitrogens with zero attached hydrogens (tertiary/aromatic N) is 1. The molecule has 0 saturated heterocycles. The monoisotopic (exact) mass is 327 g/mol. The van der Waals surface area contributed by atoms with Crippen molar-refractivity contribution in [3.63, 3.8) is 0 Å². The maximum absolute atomic E-state index is 9.77. The lowest BCUT2D eigenvalue weighted by Crippen LogP contribution is -2.39. The Labute approximate surface area is 123 Å². The summed E-state index contributed by atoms with van der Waals surface area (Å²) in [6, 6.07) is 0. The molecule has 0 amide bonds. The summed E-state index contributed by atoms with van der Waals surface area (Å²) in [6.45, 7) is 0. The SMILES string of the molecule is N#CS.O=C(O)C(O)C(O)C(=O)O.O=C(O)CCC(=O)O. The van der Waals surface area contributed by atoms with E-state index in [4.69, 9.17) is 35.9 Å². The lowest BCUT2D eigenvalue weighted by molar-refractivity contribution is -0.165. The highest BCUT2D eigenvalue weighted by molar-refractivity contribution is 7.85. The van der Waals surface area contributed by atoms with Gasteiger partial charge in [0, 0.05) is 0 Å². The summed E-state index contributed by atoms with van der Waals surface area (Å²) < 4.78 is 0. The topological polar surface area (TPSA) is 213 Å². The number of carbonyl (C=O) groups is 4. The first-order valence-corrected chi connectivity index (χ1v) is 5.24. The molecule has 2 atom stereocenters. The Kier molecular flexibility index (Phi) is 15.9. The van der Waals surface area contributed by atoms with E-state index in [1.165, 1.54) is 5.40 Å². The Morgan fingerprint density at radius 2 is 1.05 bits per heavy atom. The number of rotatable bonds is 6. The third-order valence-corrected chi connectivity index (χ3v) is 1.36. The van der Waals surface area contributed by atoms with Crippen LogP contribution in [0.4, 0.5) is 0 Å². The van der Waals surface area contributed by atoms with Gasteiger partial charge in [-0.3, -0.25) is 9.59 Å². The van der Waals surface area contributed by atoms with Crippen LogP contribution in [0.25, 0.3) is 0 Å². The summed E-state index contributed by atoms with van der Waals surface area (Å²) >= 11 is 3.09. The smallest absolute Gasteiger partial charge is 0.335 e. The van der Waals surface area contributed by atoms with Crippen molar-refractivity contribution in [2.24, 2.45) is 0 Å². The summed E-state index contributed by atoms with van der Waals surface area (Å²) in [5.74, 6) is -5.69. The van der Waals surface area contributed by atoms with Gasteiger partial charge in [-0.1, -0.05) is 12.6 Å². The van der Waals surface area contributed by atoms with E-state index >= 15 is 0 Å². The van der Waals surface area contributed by atoms with Gasteiger partial charge in [0.05, 0.1) is 12.8 Å². The second kappa shape index (κ2) is 14.1. The number of aliphatic hydroxyl groups is 2. The van der Waals surface area contributed by atoms with Crippen molar-refractivity contribution >= 4 is 36.5 Å². The van der Waals surface area contributed by atoms with Crippen LogP contribution in [0.5, 0.6) is 0 Å². The fourth-order valence-electron chi connectivity index (χ4n) is 0.484. The van der Waals surface area contributed by atoms with Crippen molar-refractivity contribution < 1.29 is 49.8 Å². The molecule has 0 aromatic carbocycles. The van der Waals surface area contributed by atoms with Gasteiger partial charge in [-0.2, -0.15) is 5.26 Å². The van der Waals surface area contributed by atoms with Crippen LogP contribution in [0.15, 0.2) is 0 Å². The van der Waals surface area contributed by atoms with E-state index in [1.807, 2.05) is 0 Å². The number of nitriles is 1. The first kappa shape index (κ1) is 23.7. The van der Waals surface area contributed by atoms with Gasteiger partial charge in [0.25, 0.3) is 0 Å². The van der Waals surface area contributed by atoms with E-state index in [1.54, 1.807) is 0 Å². The number of hydrogen-bond donors (Lipinski definition) is 7. The third kappa shape index (κ3) is 20.1. The lowest BCUT2D eigenvalue weighted by atomic mass is 10.2. The minimum atomic E-state index is -2.27. The molecule has 0 rings (SSSR count). The molecule has 0 radical (unpaired) electrons. The van der Waals surface area contributed by atoms with Crippen LogP contribution in [0.1, 0.15) is 12.8 Å². The minimum absolute atomic E-state index is 0.296. The third-order valence-electron chi connectivity index (χ3n) is 1.36. The molecule has 12 heteroatoms. The fraction of sp³-hybridized carbons (Fsp3) is 0.444. The number of aliphatic carboxylic acids is 4. The molecular weight excluding hydrogens is 314 g/mol. The molecule has 0 spiro atoms. The Morgan fingerprint density at radius 3 is 1.14 bits per heavy atom. The van der Waals surface area contributed by atoms with Gasteiger partial charge in [0.1, 0.15) is 5.40 Å². The maximum atomic E-state index is 9.77. The highest BCUT2D eigenvalue weighted by Gasteiger charge is 2.29. The van der Waals surface area contributed by atoms with E-state index in [0.29, 0.717) is 0 Å². The van der Waals surface area contributed by atoms with Crippen molar-refractivity contribution in [2.45, 2.75) is 25.0 Å². The van der Waals surface area contributed by atoms with Gasteiger partial charge in [0.2, 0.25) is 0 Å². The number of thiocyanates is 1. The predicted molar refractivity (Wildman–Crippen MR) is 66.4 cm³/mol. The molecule has 0 heterocycles. The fourth-order valence-corrected chi connectivity index (χ4v) is 0.484. The van der Waals surface area contributed by atoms with Crippen LogP contribution in [-0.2, 0) is 19.2 Å². The lowest BCUT2D eigenvalue weighted by Gasteiger charge is -2.07. The Balaban J connectivity index is -0.000000264. The number of thiol groups is 1. The molecule has 0 aromatic heterocycles. The van der Waals surface area contributed by atoms with Crippen molar-refractivity contribution in [3.8, 4) is 5.40 Å². The molecule has 0 fully saturated rings. The summed E-state index contributed by atoms with van der Waals surface area (Å²) in [7, 11) is 0.